The lowest BCUT2D eigenvalue weighted by molar-refractivity contribution is 0.331. The fraction of sp³-hybridized carbons (Fsp3) is 0.500. The van der Waals surface area contributed by atoms with E-state index in [1.807, 2.05) is 12.4 Å². The number of aromatic hydroxyl groups is 2. The van der Waals surface area contributed by atoms with Crippen LogP contribution in [0, 0.1) is 0 Å². The number of phenolic OH excluding ortho intramolecular Hbond substituents is 2. The molecule has 4 aromatic rings. The fourth-order valence-electron chi connectivity index (χ4n) is 10.1. The van der Waals surface area contributed by atoms with Crippen LogP contribution in [0.3, 0.4) is 0 Å². The van der Waals surface area contributed by atoms with Crippen molar-refractivity contribution in [3.8, 4) is 11.5 Å². The van der Waals surface area contributed by atoms with Crippen LogP contribution in [0.1, 0.15) is 176 Å². The van der Waals surface area contributed by atoms with Gasteiger partial charge in [0, 0.05) is 45.5 Å². The lowest BCUT2D eigenvalue weighted by Gasteiger charge is -2.40. The van der Waals surface area contributed by atoms with Crippen LogP contribution >= 0.6 is 0 Å². The molecule has 4 nitrogen and oxygen atoms in total. The van der Waals surface area contributed by atoms with Gasteiger partial charge in [-0.3, -0.25) is 9.98 Å². The summed E-state index contributed by atoms with van der Waals surface area (Å²) >= 11 is 0. The van der Waals surface area contributed by atoms with Gasteiger partial charge in [0.1, 0.15) is 11.5 Å². The van der Waals surface area contributed by atoms with Crippen molar-refractivity contribution in [3.63, 3.8) is 0 Å². The standard InChI is InChI=1S/C52H66N2O2/c1-49(2,3)41-31-37(47(55)43(33-41)51(27-17-9-18-28-51)39-21-11-7-12-22-39)35-53-45-25-15-16-26-46(45)54-36-38-32-42(50(4,5)6)34-44(48(38)56)52(29-19-10-20-30-52)40-23-13-8-14-24-40/h7-8,11-14,21-24,31-36,45-46,55-56H,9-10,15-20,25-30H2,1-6H3/t45-,46-/m1/s1. The number of phenols is 2. The molecule has 0 unspecified atom stereocenters. The van der Waals surface area contributed by atoms with Crippen LogP contribution in [-0.2, 0) is 21.7 Å². The van der Waals surface area contributed by atoms with Gasteiger partial charge in [0.2, 0.25) is 0 Å². The zero-order chi connectivity index (χ0) is 39.6. The third-order valence-electron chi connectivity index (χ3n) is 13.6. The van der Waals surface area contributed by atoms with Crippen molar-refractivity contribution >= 4 is 12.4 Å². The molecule has 0 radical (unpaired) electrons. The first-order chi connectivity index (χ1) is 26.8. The van der Waals surface area contributed by atoms with E-state index in [1.54, 1.807) is 0 Å². The first kappa shape index (κ1) is 40.0. The van der Waals surface area contributed by atoms with Gasteiger partial charge in [-0.1, -0.05) is 166 Å². The van der Waals surface area contributed by atoms with E-state index in [0.717, 1.165) is 99.3 Å². The second-order valence-corrected chi connectivity index (χ2v) is 19.4. The van der Waals surface area contributed by atoms with Gasteiger partial charge in [-0.15, -0.1) is 0 Å². The minimum atomic E-state index is -0.218. The summed E-state index contributed by atoms with van der Waals surface area (Å²) in [5, 5.41) is 24.4. The molecule has 4 aromatic carbocycles. The SMILES string of the molecule is CC(C)(C)c1cc(C=N[C@@H]2CCCC[C@H]2N=Cc2cc(C(C)(C)C)cc(C3(c4ccccc4)CCCCC3)c2O)c(O)c(C2(c3ccccc3)CCCCC2)c1. The van der Waals surface area contributed by atoms with Crippen LogP contribution in [0.2, 0.25) is 0 Å². The van der Waals surface area contributed by atoms with Crippen LogP contribution < -0.4 is 0 Å². The highest BCUT2D eigenvalue weighted by atomic mass is 16.3. The maximum atomic E-state index is 12.2. The Labute approximate surface area is 337 Å². The summed E-state index contributed by atoms with van der Waals surface area (Å²) in [6.45, 7) is 13.6. The Morgan fingerprint density at radius 1 is 0.500 bits per heavy atom. The lowest BCUT2D eigenvalue weighted by atomic mass is 9.64. The fourth-order valence-corrected chi connectivity index (χ4v) is 10.1. The number of aliphatic imine (C=N–C) groups is 2. The zero-order valence-corrected chi connectivity index (χ0v) is 35.1. The van der Waals surface area contributed by atoms with Crippen molar-refractivity contribution < 1.29 is 10.2 Å². The molecule has 56 heavy (non-hydrogen) atoms. The average Bonchev–Trinajstić information content (AvgIpc) is 3.20. The van der Waals surface area contributed by atoms with Gasteiger partial charge in [-0.25, -0.2) is 0 Å². The Bertz CT molecular complexity index is 1850. The molecule has 3 aliphatic rings. The molecular weight excluding hydrogens is 685 g/mol. The van der Waals surface area contributed by atoms with Crippen LogP contribution in [0.25, 0.3) is 0 Å². The van der Waals surface area contributed by atoms with Crippen molar-refractivity contribution in [1.82, 2.24) is 0 Å². The van der Waals surface area contributed by atoms with E-state index in [-0.39, 0.29) is 33.7 Å². The molecule has 0 amide bonds. The zero-order valence-electron chi connectivity index (χ0n) is 35.1. The minimum Gasteiger partial charge on any atom is -0.507 e. The Morgan fingerprint density at radius 2 is 0.857 bits per heavy atom. The number of benzene rings is 4. The van der Waals surface area contributed by atoms with Crippen LogP contribution in [0.5, 0.6) is 11.5 Å². The number of hydrogen-bond acceptors (Lipinski definition) is 4. The summed E-state index contributed by atoms with van der Waals surface area (Å²) in [5.74, 6) is 0.740. The summed E-state index contributed by atoms with van der Waals surface area (Å²) in [6, 6.07) is 30.6. The average molecular weight is 751 g/mol. The highest BCUT2D eigenvalue weighted by Gasteiger charge is 2.40. The number of nitrogens with zero attached hydrogens (tertiary/aromatic N) is 2. The topological polar surface area (TPSA) is 65.2 Å². The third-order valence-corrected chi connectivity index (χ3v) is 13.6. The highest BCUT2D eigenvalue weighted by Crippen LogP contribution is 2.51. The second-order valence-electron chi connectivity index (χ2n) is 19.4. The monoisotopic (exact) mass is 751 g/mol. The molecule has 0 aromatic heterocycles. The predicted molar refractivity (Wildman–Crippen MR) is 235 cm³/mol. The lowest BCUT2D eigenvalue weighted by Crippen LogP contribution is -2.31. The predicted octanol–water partition coefficient (Wildman–Crippen LogP) is 13.0. The molecule has 0 aliphatic heterocycles. The van der Waals surface area contributed by atoms with Crippen molar-refractivity contribution in [2.45, 2.75) is 165 Å². The van der Waals surface area contributed by atoms with Crippen LogP contribution in [-0.4, -0.2) is 34.7 Å². The summed E-state index contributed by atoms with van der Waals surface area (Å²) in [5.41, 5.74) is 8.14. The van der Waals surface area contributed by atoms with Crippen LogP contribution in [0.4, 0.5) is 0 Å². The molecule has 2 atom stereocenters. The largest absolute Gasteiger partial charge is 0.507 e. The van der Waals surface area contributed by atoms with E-state index >= 15 is 0 Å². The van der Waals surface area contributed by atoms with Crippen molar-refractivity contribution in [3.05, 3.63) is 129 Å². The van der Waals surface area contributed by atoms with Crippen molar-refractivity contribution in [2.24, 2.45) is 9.98 Å². The van der Waals surface area contributed by atoms with E-state index in [9.17, 15) is 10.2 Å². The first-order valence-corrected chi connectivity index (χ1v) is 21.8. The summed E-state index contributed by atoms with van der Waals surface area (Å²) in [4.78, 5) is 10.5. The van der Waals surface area contributed by atoms with Crippen molar-refractivity contribution in [1.29, 1.82) is 0 Å². The van der Waals surface area contributed by atoms with Gasteiger partial charge in [-0.2, -0.15) is 0 Å². The molecule has 0 bridgehead atoms. The molecule has 2 N–H and O–H groups in total. The summed E-state index contributed by atoms with van der Waals surface area (Å²) in [6.07, 6.45) is 19.3. The Morgan fingerprint density at radius 3 is 1.20 bits per heavy atom. The van der Waals surface area contributed by atoms with E-state index in [2.05, 4.69) is 126 Å². The van der Waals surface area contributed by atoms with Gasteiger partial charge in [-0.05, 0) is 83.7 Å². The van der Waals surface area contributed by atoms with Gasteiger partial charge >= 0.3 is 0 Å². The summed E-state index contributed by atoms with van der Waals surface area (Å²) in [7, 11) is 0. The van der Waals surface area contributed by atoms with E-state index in [4.69, 9.17) is 9.98 Å². The summed E-state index contributed by atoms with van der Waals surface area (Å²) < 4.78 is 0. The normalized spacial score (nSPS) is 21.8. The highest BCUT2D eigenvalue weighted by molar-refractivity contribution is 5.86. The number of rotatable bonds is 8. The van der Waals surface area contributed by atoms with E-state index in [1.165, 1.54) is 35.1 Å². The van der Waals surface area contributed by atoms with E-state index < -0.39 is 0 Å². The molecule has 0 heterocycles. The molecule has 3 fully saturated rings. The van der Waals surface area contributed by atoms with Gasteiger partial charge in [0.25, 0.3) is 0 Å². The molecule has 4 heteroatoms. The maximum absolute atomic E-state index is 12.2. The Kier molecular flexibility index (Phi) is 11.7. The molecule has 0 saturated heterocycles. The molecule has 3 saturated carbocycles. The van der Waals surface area contributed by atoms with Gasteiger partial charge in [0.05, 0.1) is 12.1 Å². The molecule has 0 spiro atoms. The van der Waals surface area contributed by atoms with Crippen molar-refractivity contribution in [2.75, 3.05) is 0 Å². The maximum Gasteiger partial charge on any atom is 0.128 e. The first-order valence-electron chi connectivity index (χ1n) is 21.8. The molecule has 3 aliphatic carbocycles. The second kappa shape index (κ2) is 16.4. The Hall–Kier alpha value is -4.18. The third kappa shape index (κ3) is 8.13. The minimum absolute atomic E-state index is 0.000300. The quantitative estimate of drug-likeness (QED) is 0.176. The molecular formula is C52H66N2O2. The van der Waals surface area contributed by atoms with Crippen LogP contribution in [0.15, 0.2) is 94.9 Å². The Balaban J connectivity index is 1.25. The smallest absolute Gasteiger partial charge is 0.128 e. The molecule has 296 valence electrons. The van der Waals surface area contributed by atoms with Gasteiger partial charge < -0.3 is 10.2 Å². The van der Waals surface area contributed by atoms with E-state index in [0.29, 0.717) is 11.5 Å². The number of hydrogen-bond donors (Lipinski definition) is 2. The van der Waals surface area contributed by atoms with Gasteiger partial charge in [0.15, 0.2) is 0 Å². The molecule has 7 rings (SSSR count).